The van der Waals surface area contributed by atoms with Gasteiger partial charge in [0.1, 0.15) is 12.4 Å². The summed E-state index contributed by atoms with van der Waals surface area (Å²) in [5.74, 6) is 5.76. The summed E-state index contributed by atoms with van der Waals surface area (Å²) >= 11 is 0. The average molecular weight is 386 g/mol. The Hall–Kier alpha value is -3.22. The van der Waals surface area contributed by atoms with Gasteiger partial charge in [-0.05, 0) is 30.3 Å². The number of aryl methyl sites for hydroxylation is 1. The first-order valence-corrected chi connectivity index (χ1v) is 9.28. The van der Waals surface area contributed by atoms with E-state index >= 15 is 0 Å². The molecule has 0 bridgehead atoms. The Morgan fingerprint density at radius 1 is 1.15 bits per heavy atom. The van der Waals surface area contributed by atoms with Crippen molar-refractivity contribution in [2.24, 2.45) is 12.2 Å². The van der Waals surface area contributed by atoms with Gasteiger partial charge in [0, 0.05) is 18.7 Å². The molecule has 0 aliphatic carbocycles. The van der Waals surface area contributed by atoms with Crippen molar-refractivity contribution in [3.8, 4) is 17.7 Å². The van der Waals surface area contributed by atoms with E-state index in [1.165, 1.54) is 24.3 Å². The van der Waals surface area contributed by atoms with E-state index in [0.29, 0.717) is 11.1 Å². The minimum absolute atomic E-state index is 0.0234. The fourth-order valence-electron chi connectivity index (χ4n) is 2.20. The second kappa shape index (κ2) is 7.57. The van der Waals surface area contributed by atoms with E-state index in [1.807, 2.05) is 0 Å². The molecule has 1 aromatic carbocycles. The van der Waals surface area contributed by atoms with Gasteiger partial charge in [-0.15, -0.1) is 0 Å². The quantitative estimate of drug-likeness (QED) is 0.686. The highest BCUT2D eigenvalue weighted by Gasteiger charge is 2.09. The number of hydrogen-bond donors (Lipinski definition) is 1. The SMILES string of the molecule is Cn1ncc(C#Cc2ccc(S(N)(=O)=O)cc2)c1COc1ccc(F)cn1. The fourth-order valence-corrected chi connectivity index (χ4v) is 2.71. The summed E-state index contributed by atoms with van der Waals surface area (Å²) < 4.78 is 42.6. The lowest BCUT2D eigenvalue weighted by atomic mass is 10.2. The largest absolute Gasteiger partial charge is 0.471 e. The molecular weight excluding hydrogens is 371 g/mol. The van der Waals surface area contributed by atoms with Gasteiger partial charge in [0.25, 0.3) is 0 Å². The number of hydrogen-bond acceptors (Lipinski definition) is 5. The van der Waals surface area contributed by atoms with Crippen molar-refractivity contribution in [2.45, 2.75) is 11.5 Å². The molecule has 0 saturated carbocycles. The molecule has 0 aliphatic heterocycles. The van der Waals surface area contributed by atoms with Gasteiger partial charge in [-0.2, -0.15) is 5.10 Å². The van der Waals surface area contributed by atoms with E-state index in [0.717, 1.165) is 11.9 Å². The maximum atomic E-state index is 12.9. The van der Waals surface area contributed by atoms with Crippen molar-refractivity contribution in [2.75, 3.05) is 0 Å². The van der Waals surface area contributed by atoms with Crippen LogP contribution < -0.4 is 9.88 Å². The highest BCUT2D eigenvalue weighted by atomic mass is 32.2. The van der Waals surface area contributed by atoms with Crippen LogP contribution in [0.25, 0.3) is 0 Å². The molecule has 0 aliphatic rings. The molecule has 27 heavy (non-hydrogen) atoms. The van der Waals surface area contributed by atoms with Gasteiger partial charge >= 0.3 is 0 Å². The van der Waals surface area contributed by atoms with Crippen molar-refractivity contribution in [1.29, 1.82) is 0 Å². The second-order valence-electron chi connectivity index (χ2n) is 5.55. The minimum Gasteiger partial charge on any atom is -0.471 e. The van der Waals surface area contributed by atoms with Crippen molar-refractivity contribution < 1.29 is 17.5 Å². The normalized spacial score (nSPS) is 10.9. The topological polar surface area (TPSA) is 100 Å². The van der Waals surface area contributed by atoms with Crippen molar-refractivity contribution in [1.82, 2.24) is 14.8 Å². The molecule has 3 rings (SSSR count). The lowest BCUT2D eigenvalue weighted by molar-refractivity contribution is 0.282. The molecule has 0 radical (unpaired) electrons. The van der Waals surface area contributed by atoms with Gasteiger partial charge < -0.3 is 4.74 Å². The number of nitrogens with two attached hydrogens (primary N) is 1. The fraction of sp³-hybridized carbons (Fsp3) is 0.111. The number of rotatable bonds is 4. The van der Waals surface area contributed by atoms with Crippen LogP contribution in [-0.4, -0.2) is 23.2 Å². The van der Waals surface area contributed by atoms with Crippen LogP contribution >= 0.6 is 0 Å². The number of pyridine rings is 1. The van der Waals surface area contributed by atoms with Crippen molar-refractivity contribution >= 4 is 10.0 Å². The maximum Gasteiger partial charge on any atom is 0.238 e. The van der Waals surface area contributed by atoms with Gasteiger partial charge in [-0.3, -0.25) is 4.68 Å². The summed E-state index contributed by atoms with van der Waals surface area (Å²) in [6, 6.07) is 8.63. The summed E-state index contributed by atoms with van der Waals surface area (Å²) in [4.78, 5) is 3.86. The van der Waals surface area contributed by atoms with E-state index in [2.05, 4.69) is 21.9 Å². The molecule has 0 fully saturated rings. The third kappa shape index (κ3) is 4.69. The van der Waals surface area contributed by atoms with E-state index in [9.17, 15) is 12.8 Å². The molecule has 2 heterocycles. The van der Waals surface area contributed by atoms with E-state index in [4.69, 9.17) is 9.88 Å². The number of halogens is 1. The number of sulfonamides is 1. The summed E-state index contributed by atoms with van der Waals surface area (Å²) in [5.41, 5.74) is 1.99. The molecule has 0 unspecified atom stereocenters. The predicted molar refractivity (Wildman–Crippen MR) is 95.5 cm³/mol. The van der Waals surface area contributed by atoms with Crippen molar-refractivity contribution in [3.63, 3.8) is 0 Å². The second-order valence-corrected chi connectivity index (χ2v) is 7.11. The molecule has 0 amide bonds. The Labute approximate surface area is 155 Å². The molecule has 2 aromatic heterocycles. The summed E-state index contributed by atoms with van der Waals surface area (Å²) in [6.07, 6.45) is 2.67. The number of nitrogens with zero attached hydrogens (tertiary/aromatic N) is 3. The zero-order valence-electron chi connectivity index (χ0n) is 14.3. The maximum absolute atomic E-state index is 12.9. The third-order valence-corrected chi connectivity index (χ3v) is 4.57. The molecule has 2 N–H and O–H groups in total. The Bertz CT molecular complexity index is 1110. The highest BCUT2D eigenvalue weighted by Crippen LogP contribution is 2.13. The Morgan fingerprint density at radius 3 is 2.52 bits per heavy atom. The summed E-state index contributed by atoms with van der Waals surface area (Å²) in [5, 5.41) is 9.23. The summed E-state index contributed by atoms with van der Waals surface area (Å²) in [6.45, 7) is 0.156. The number of aromatic nitrogens is 3. The Balaban J connectivity index is 1.77. The lowest BCUT2D eigenvalue weighted by Crippen LogP contribution is -2.11. The monoisotopic (exact) mass is 386 g/mol. The molecule has 0 spiro atoms. The van der Waals surface area contributed by atoms with Gasteiger partial charge in [-0.25, -0.2) is 22.9 Å². The first-order valence-electron chi connectivity index (χ1n) is 7.73. The lowest BCUT2D eigenvalue weighted by Gasteiger charge is -2.06. The standard InChI is InChI=1S/C18H15FN4O3S/c1-23-17(12-26-18-9-6-15(19)11-21-18)14(10-22-23)5-2-13-3-7-16(8-4-13)27(20,24)25/h3-4,6-11H,12H2,1H3,(H2,20,24,25). The molecule has 0 atom stereocenters. The first-order chi connectivity index (χ1) is 12.8. The van der Waals surface area contributed by atoms with Gasteiger partial charge in [0.05, 0.1) is 28.5 Å². The number of ether oxygens (including phenoxy) is 1. The first kappa shape index (κ1) is 18.6. The Kier molecular flexibility index (Phi) is 5.21. The number of primary sulfonamides is 1. The van der Waals surface area contributed by atoms with Gasteiger partial charge in [0.15, 0.2) is 0 Å². The van der Waals surface area contributed by atoms with E-state index < -0.39 is 15.8 Å². The highest BCUT2D eigenvalue weighted by molar-refractivity contribution is 7.89. The average Bonchev–Trinajstić information content (AvgIpc) is 2.99. The van der Waals surface area contributed by atoms with Crippen LogP contribution in [0.2, 0.25) is 0 Å². The van der Waals surface area contributed by atoms with Crippen LogP contribution in [0, 0.1) is 17.7 Å². The minimum atomic E-state index is -3.73. The molecule has 7 nitrogen and oxygen atoms in total. The third-order valence-electron chi connectivity index (χ3n) is 3.64. The zero-order valence-corrected chi connectivity index (χ0v) is 15.1. The van der Waals surface area contributed by atoms with Crippen molar-refractivity contribution in [3.05, 3.63) is 71.4 Å². The van der Waals surface area contributed by atoms with Gasteiger partial charge in [0.2, 0.25) is 15.9 Å². The van der Waals surface area contributed by atoms with Crippen LogP contribution in [0.4, 0.5) is 4.39 Å². The molecule has 138 valence electrons. The molecular formula is C18H15FN4O3S. The summed E-state index contributed by atoms with van der Waals surface area (Å²) in [7, 11) is -1.98. The molecule has 0 saturated heterocycles. The Morgan fingerprint density at radius 2 is 1.89 bits per heavy atom. The smallest absolute Gasteiger partial charge is 0.238 e. The van der Waals surface area contributed by atoms with Gasteiger partial charge in [-0.1, -0.05) is 11.8 Å². The van der Waals surface area contributed by atoms with Crippen LogP contribution in [0.15, 0.2) is 53.7 Å². The van der Waals surface area contributed by atoms with E-state index in [1.54, 1.807) is 30.1 Å². The zero-order chi connectivity index (χ0) is 19.4. The molecule has 3 aromatic rings. The number of benzene rings is 1. The van der Waals surface area contributed by atoms with Crippen LogP contribution in [-0.2, 0) is 23.7 Å². The van der Waals surface area contributed by atoms with Crippen LogP contribution in [0.1, 0.15) is 16.8 Å². The van der Waals surface area contributed by atoms with E-state index in [-0.39, 0.29) is 17.4 Å². The molecule has 9 heteroatoms. The van der Waals surface area contributed by atoms with Crippen LogP contribution in [0.3, 0.4) is 0 Å². The van der Waals surface area contributed by atoms with Crippen LogP contribution in [0.5, 0.6) is 5.88 Å². The predicted octanol–water partition coefficient (Wildman–Crippen LogP) is 1.58.